The third kappa shape index (κ3) is 10.4. The summed E-state index contributed by atoms with van der Waals surface area (Å²) in [6.07, 6.45) is -1.44. The Kier molecular flexibility index (Phi) is 14.3. The summed E-state index contributed by atoms with van der Waals surface area (Å²) in [6.45, 7) is 16.5. The van der Waals surface area contributed by atoms with Crippen LogP contribution in [0.2, 0.25) is 18.1 Å². The van der Waals surface area contributed by atoms with Gasteiger partial charge in [-0.15, -0.1) is 0 Å². The molecule has 7 unspecified atom stereocenters. The smallest absolute Gasteiger partial charge is 0.308 e. The van der Waals surface area contributed by atoms with Gasteiger partial charge in [0.1, 0.15) is 18.3 Å². The van der Waals surface area contributed by atoms with Gasteiger partial charge < -0.3 is 32.8 Å². The number of hydrogen-bond donors (Lipinski definition) is 0. The van der Waals surface area contributed by atoms with Gasteiger partial charge in [0.15, 0.2) is 14.6 Å². The second-order valence-corrected chi connectivity index (χ2v) is 20.6. The minimum Gasteiger partial charge on any atom is -0.469 e. The van der Waals surface area contributed by atoms with E-state index in [0.29, 0.717) is 32.7 Å². The normalized spacial score (nSPS) is 28.3. The van der Waals surface area contributed by atoms with Crippen molar-refractivity contribution in [1.82, 2.24) is 0 Å². The Hall–Kier alpha value is -2.89. The van der Waals surface area contributed by atoms with Crippen molar-refractivity contribution in [3.8, 4) is 0 Å². The second kappa shape index (κ2) is 18.4. The first-order valence-electron chi connectivity index (χ1n) is 18.9. The maximum Gasteiger partial charge on any atom is 0.308 e. The number of ether oxygens (including phenoxy) is 6. The fourth-order valence-electron chi connectivity index (χ4n) is 7.07. The zero-order chi connectivity index (χ0) is 37.3. The summed E-state index contributed by atoms with van der Waals surface area (Å²) >= 11 is 0. The molecule has 52 heavy (non-hydrogen) atoms. The summed E-state index contributed by atoms with van der Waals surface area (Å²) in [5, 5.41) is -0.0334. The molecule has 0 amide bonds. The predicted octanol–water partition coefficient (Wildman–Crippen LogP) is 8.87. The van der Waals surface area contributed by atoms with Gasteiger partial charge in [0.2, 0.25) is 0 Å². The predicted molar refractivity (Wildman–Crippen MR) is 205 cm³/mol. The highest BCUT2D eigenvalue weighted by molar-refractivity contribution is 6.74. The summed E-state index contributed by atoms with van der Waals surface area (Å²) < 4.78 is 46.7. The molecule has 5 rings (SSSR count). The number of carbonyl (C=O) groups excluding carboxylic acids is 1. The lowest BCUT2D eigenvalue weighted by atomic mass is 9.76. The third-order valence-electron chi connectivity index (χ3n) is 11.1. The van der Waals surface area contributed by atoms with Crippen LogP contribution in [-0.2, 0) is 57.5 Å². The zero-order valence-electron chi connectivity index (χ0n) is 32.4. The zero-order valence-corrected chi connectivity index (χ0v) is 33.4. The molecule has 0 radical (unpaired) electrons. The van der Waals surface area contributed by atoms with Crippen LogP contribution in [-0.4, -0.2) is 64.3 Å². The molecule has 9 heteroatoms. The van der Waals surface area contributed by atoms with Crippen molar-refractivity contribution in [3.05, 3.63) is 108 Å². The van der Waals surface area contributed by atoms with Crippen LogP contribution >= 0.6 is 0 Å². The number of rotatable bonds is 15. The first-order valence-corrected chi connectivity index (χ1v) is 21.8. The van der Waals surface area contributed by atoms with E-state index in [0.717, 1.165) is 23.1 Å². The molecule has 8 nitrogen and oxygen atoms in total. The molecule has 9 atom stereocenters. The van der Waals surface area contributed by atoms with E-state index in [4.69, 9.17) is 32.8 Å². The van der Waals surface area contributed by atoms with Gasteiger partial charge in [-0.25, -0.2) is 0 Å². The van der Waals surface area contributed by atoms with Crippen LogP contribution in [0.1, 0.15) is 70.6 Å². The maximum absolute atomic E-state index is 13.0. The van der Waals surface area contributed by atoms with Crippen molar-refractivity contribution in [3.63, 3.8) is 0 Å². The Morgan fingerprint density at radius 3 is 1.67 bits per heavy atom. The fraction of sp³-hybridized carbons (Fsp3) is 0.558. The van der Waals surface area contributed by atoms with Crippen molar-refractivity contribution in [2.75, 3.05) is 7.11 Å². The van der Waals surface area contributed by atoms with Gasteiger partial charge in [0.25, 0.3) is 0 Å². The van der Waals surface area contributed by atoms with Gasteiger partial charge in [-0.2, -0.15) is 0 Å². The van der Waals surface area contributed by atoms with Crippen LogP contribution in [0.4, 0.5) is 0 Å². The van der Waals surface area contributed by atoms with Crippen LogP contribution in [0.25, 0.3) is 0 Å². The van der Waals surface area contributed by atoms with Gasteiger partial charge in [0, 0.05) is 0 Å². The average Bonchev–Trinajstić information content (AvgIpc) is 3.14. The molecule has 0 aromatic heterocycles. The molecular formula is C43H60O8Si. The molecule has 3 aromatic rings. The summed E-state index contributed by atoms with van der Waals surface area (Å²) in [7, 11) is -0.807. The highest BCUT2D eigenvalue weighted by atomic mass is 28.4. The lowest BCUT2D eigenvalue weighted by Crippen LogP contribution is -2.62. The molecule has 284 valence electrons. The van der Waals surface area contributed by atoms with Gasteiger partial charge in [-0.3, -0.25) is 4.79 Å². The van der Waals surface area contributed by atoms with E-state index >= 15 is 0 Å². The molecule has 1 aliphatic carbocycles. The number of hydrogen-bond acceptors (Lipinski definition) is 8. The van der Waals surface area contributed by atoms with Crippen LogP contribution < -0.4 is 0 Å². The molecule has 3 aromatic carbocycles. The topological polar surface area (TPSA) is 81.7 Å². The van der Waals surface area contributed by atoms with E-state index in [1.54, 1.807) is 0 Å². The Morgan fingerprint density at radius 1 is 0.731 bits per heavy atom. The number of carbonyl (C=O) groups is 1. The number of methoxy groups -OCH3 is 1. The molecule has 0 bridgehead atoms. The fourth-order valence-corrected chi connectivity index (χ4v) is 8.42. The van der Waals surface area contributed by atoms with E-state index in [9.17, 15) is 4.79 Å². The van der Waals surface area contributed by atoms with Crippen LogP contribution in [0, 0.1) is 11.8 Å². The van der Waals surface area contributed by atoms with Gasteiger partial charge >= 0.3 is 5.97 Å². The average molecular weight is 733 g/mol. The van der Waals surface area contributed by atoms with Crippen molar-refractivity contribution >= 4 is 14.3 Å². The lowest BCUT2D eigenvalue weighted by molar-refractivity contribution is -0.338. The Labute approximate surface area is 312 Å². The Balaban J connectivity index is 1.49. The summed E-state index contributed by atoms with van der Waals surface area (Å²) in [4.78, 5) is 13.0. The highest BCUT2D eigenvalue weighted by Gasteiger charge is 2.52. The van der Waals surface area contributed by atoms with E-state index in [1.807, 2.05) is 61.5 Å². The van der Waals surface area contributed by atoms with Crippen LogP contribution in [0.3, 0.4) is 0 Å². The molecular weight excluding hydrogens is 673 g/mol. The SMILES string of the molecule is CCC1CC(C(=O)OC)CC(O[Si](C)(C)C(C)(C)C)C1O[C@@H]1OC(C)[C@@H](OCc2ccccc2)C(OCc2ccccc2)C1OCc1ccccc1. The van der Waals surface area contributed by atoms with Crippen molar-refractivity contribution in [2.24, 2.45) is 11.8 Å². The Morgan fingerprint density at radius 2 is 1.21 bits per heavy atom. The lowest BCUT2D eigenvalue weighted by Gasteiger charge is -2.50. The van der Waals surface area contributed by atoms with Crippen molar-refractivity contribution in [1.29, 1.82) is 0 Å². The number of esters is 1. The largest absolute Gasteiger partial charge is 0.469 e. The molecule has 2 aliphatic rings. The molecule has 1 saturated carbocycles. The second-order valence-electron chi connectivity index (χ2n) is 15.9. The van der Waals surface area contributed by atoms with E-state index in [2.05, 4.69) is 77.2 Å². The maximum atomic E-state index is 13.0. The van der Waals surface area contributed by atoms with Crippen LogP contribution in [0.15, 0.2) is 91.0 Å². The van der Waals surface area contributed by atoms with E-state index < -0.39 is 32.9 Å². The summed E-state index contributed by atoms with van der Waals surface area (Å²) in [5.74, 6) is -0.421. The molecule has 0 spiro atoms. The minimum absolute atomic E-state index is 0.0334. The summed E-state index contributed by atoms with van der Waals surface area (Å²) in [5.41, 5.74) is 3.15. The van der Waals surface area contributed by atoms with Crippen molar-refractivity contribution < 1.29 is 37.6 Å². The number of benzene rings is 3. The van der Waals surface area contributed by atoms with Gasteiger partial charge in [-0.1, -0.05) is 125 Å². The van der Waals surface area contributed by atoms with E-state index in [-0.39, 0.29) is 41.2 Å². The molecule has 1 aliphatic heterocycles. The first kappa shape index (κ1) is 40.3. The van der Waals surface area contributed by atoms with E-state index in [1.165, 1.54) is 7.11 Å². The molecule has 2 fully saturated rings. The molecule has 1 heterocycles. The Bertz CT molecular complexity index is 1500. The third-order valence-corrected chi connectivity index (χ3v) is 15.6. The standard InChI is InChI=1S/C43H60O8Si/c1-9-34-25-35(41(44)45-6)26-36(51-52(7,8)43(3,4)5)38(34)50-42-40(48-29-33-23-17-12-18-24-33)39(47-28-32-21-15-11-16-22-32)37(30(2)49-42)46-27-31-19-13-10-14-20-31/h10-24,30,34-40,42H,9,25-29H2,1-8H3/t30?,34?,35?,36?,37-,38?,39?,40?,42+/m1/s1. The minimum atomic E-state index is -2.27. The first-order chi connectivity index (χ1) is 24.9. The molecule has 0 N–H and O–H groups in total. The molecule has 1 saturated heterocycles. The summed E-state index contributed by atoms with van der Waals surface area (Å²) in [6, 6.07) is 30.4. The van der Waals surface area contributed by atoms with Gasteiger partial charge in [-0.05, 0) is 60.5 Å². The van der Waals surface area contributed by atoms with Gasteiger partial charge in [0.05, 0.1) is 51.2 Å². The van der Waals surface area contributed by atoms with Crippen molar-refractivity contribution in [2.45, 2.75) is 135 Å². The van der Waals surface area contributed by atoms with Crippen LogP contribution in [0.5, 0.6) is 0 Å². The highest BCUT2D eigenvalue weighted by Crippen LogP contribution is 2.44. The monoisotopic (exact) mass is 732 g/mol. The quantitative estimate of drug-likeness (QED) is 0.113.